The molecule has 2 heterocycles. The van der Waals surface area contributed by atoms with Gasteiger partial charge in [-0.25, -0.2) is 4.79 Å². The van der Waals surface area contributed by atoms with Crippen LogP contribution in [0.3, 0.4) is 0 Å². The highest BCUT2D eigenvalue weighted by Gasteiger charge is 2.24. The number of H-pyrrole nitrogens is 1. The molecule has 7 nitrogen and oxygen atoms in total. The van der Waals surface area contributed by atoms with Crippen LogP contribution in [-0.4, -0.2) is 38.2 Å². The average Bonchev–Trinajstić information content (AvgIpc) is 3.04. The topological polar surface area (TPSA) is 100 Å². The van der Waals surface area contributed by atoms with Crippen molar-refractivity contribution in [2.45, 2.75) is 44.2 Å². The molecule has 146 valence electrons. The molecule has 1 amide bonds. The number of rotatable bonds is 5. The number of carbonyl (C=O) groups excluding carboxylic acids is 1. The van der Waals surface area contributed by atoms with Crippen LogP contribution in [0.4, 0.5) is 0 Å². The highest BCUT2D eigenvalue weighted by molar-refractivity contribution is 5.97. The molecule has 0 saturated heterocycles. The van der Waals surface area contributed by atoms with Crippen molar-refractivity contribution in [3.8, 4) is 0 Å². The Kier molecular flexibility index (Phi) is 5.25. The molecule has 1 aliphatic carbocycles. The quantitative estimate of drug-likeness (QED) is 0.632. The molecule has 3 aromatic rings. The molecule has 2 aromatic heterocycles. The maximum atomic E-state index is 12.5. The summed E-state index contributed by atoms with van der Waals surface area (Å²) >= 11 is 0. The summed E-state index contributed by atoms with van der Waals surface area (Å²) < 4.78 is 1.77. The van der Waals surface area contributed by atoms with Crippen molar-refractivity contribution >= 4 is 16.9 Å². The number of nitrogens with one attached hydrogen (secondary N) is 2. The third-order valence-electron chi connectivity index (χ3n) is 5.43. The summed E-state index contributed by atoms with van der Waals surface area (Å²) in [6, 6.07) is 9.24. The molecule has 0 radical (unpaired) electrons. The Labute approximate surface area is 162 Å². The number of benzene rings is 1. The van der Waals surface area contributed by atoms with E-state index in [9.17, 15) is 14.7 Å². The van der Waals surface area contributed by atoms with Crippen LogP contribution < -0.4 is 11.0 Å². The van der Waals surface area contributed by atoms with Gasteiger partial charge >= 0.3 is 5.69 Å². The Hall–Kier alpha value is -2.93. The van der Waals surface area contributed by atoms with E-state index >= 15 is 0 Å². The van der Waals surface area contributed by atoms with E-state index in [2.05, 4.69) is 15.3 Å². The van der Waals surface area contributed by atoms with Gasteiger partial charge in [0.05, 0.1) is 17.1 Å². The van der Waals surface area contributed by atoms with Crippen LogP contribution in [0.5, 0.6) is 0 Å². The van der Waals surface area contributed by atoms with Crippen LogP contribution in [0, 0.1) is 0 Å². The number of pyridine rings is 1. The lowest BCUT2D eigenvalue weighted by atomic mass is 9.93. The highest BCUT2D eigenvalue weighted by Crippen LogP contribution is 2.29. The average molecular weight is 380 g/mol. The Morgan fingerprint density at radius 2 is 2.07 bits per heavy atom. The number of aliphatic hydroxyl groups is 1. The number of hydrogen-bond acceptors (Lipinski definition) is 4. The van der Waals surface area contributed by atoms with Gasteiger partial charge in [-0.15, -0.1) is 0 Å². The van der Waals surface area contributed by atoms with Gasteiger partial charge in [-0.1, -0.05) is 6.07 Å². The van der Waals surface area contributed by atoms with E-state index < -0.39 is 0 Å². The van der Waals surface area contributed by atoms with Gasteiger partial charge in [0.25, 0.3) is 5.91 Å². The second-order valence-electron chi connectivity index (χ2n) is 7.36. The molecular formula is C21H24N4O3. The number of carbonyl (C=O) groups is 1. The summed E-state index contributed by atoms with van der Waals surface area (Å²) in [5, 5.41) is 12.6. The molecular weight excluding hydrogens is 356 g/mol. The summed E-state index contributed by atoms with van der Waals surface area (Å²) in [6.45, 7) is 0.518. The molecule has 0 unspecified atom stereocenters. The Balaban J connectivity index is 1.47. The summed E-state index contributed by atoms with van der Waals surface area (Å²) in [4.78, 5) is 31.9. The fourth-order valence-corrected chi connectivity index (χ4v) is 3.92. The number of amides is 1. The number of fused-ring (bicyclic) bond motifs is 1. The Morgan fingerprint density at radius 1 is 1.25 bits per heavy atom. The zero-order valence-corrected chi connectivity index (χ0v) is 15.6. The van der Waals surface area contributed by atoms with Gasteiger partial charge in [-0.05, 0) is 61.9 Å². The molecule has 4 rings (SSSR count). The number of hydrogen-bond donors (Lipinski definition) is 3. The molecule has 1 fully saturated rings. The standard InChI is InChI=1S/C21H24N4O3/c26-17-6-4-16(5-7-17)25-19-8-3-15(12-18(19)24-21(25)28)20(27)23-11-9-14-2-1-10-22-13-14/h1-3,8,10,12-13,16-17,26H,4-7,9,11H2,(H,23,27)(H,24,28). The molecule has 7 heteroatoms. The predicted molar refractivity (Wildman–Crippen MR) is 106 cm³/mol. The zero-order chi connectivity index (χ0) is 19.5. The maximum absolute atomic E-state index is 12.5. The van der Waals surface area contributed by atoms with Crippen LogP contribution in [0.1, 0.15) is 47.6 Å². The molecule has 0 bridgehead atoms. The van der Waals surface area contributed by atoms with Gasteiger partial charge in [0.15, 0.2) is 0 Å². The lowest BCUT2D eigenvalue weighted by molar-refractivity contribution is 0.0954. The van der Waals surface area contributed by atoms with Crippen molar-refractivity contribution in [1.82, 2.24) is 19.9 Å². The van der Waals surface area contributed by atoms with Crippen LogP contribution in [0.2, 0.25) is 0 Å². The van der Waals surface area contributed by atoms with Crippen molar-refractivity contribution in [3.05, 3.63) is 64.3 Å². The summed E-state index contributed by atoms with van der Waals surface area (Å²) in [5.41, 5.74) is 2.89. The van der Waals surface area contributed by atoms with Crippen molar-refractivity contribution in [2.24, 2.45) is 0 Å². The summed E-state index contributed by atoms with van der Waals surface area (Å²) in [5.74, 6) is -0.167. The third kappa shape index (κ3) is 3.84. The van der Waals surface area contributed by atoms with Gasteiger partial charge in [0.2, 0.25) is 0 Å². The lowest BCUT2D eigenvalue weighted by Gasteiger charge is -2.26. The number of imidazole rings is 1. The number of aliphatic hydroxyl groups excluding tert-OH is 1. The van der Waals surface area contributed by atoms with Crippen molar-refractivity contribution in [3.63, 3.8) is 0 Å². The Bertz CT molecular complexity index is 1020. The zero-order valence-electron chi connectivity index (χ0n) is 15.6. The van der Waals surface area contributed by atoms with Gasteiger partial charge in [-0.2, -0.15) is 0 Å². The van der Waals surface area contributed by atoms with E-state index in [0.717, 1.165) is 23.9 Å². The minimum absolute atomic E-state index is 0.0869. The monoisotopic (exact) mass is 380 g/mol. The first-order valence-electron chi connectivity index (χ1n) is 9.71. The predicted octanol–water partition coefficient (Wildman–Crippen LogP) is 2.17. The minimum atomic E-state index is -0.265. The van der Waals surface area contributed by atoms with Crippen LogP contribution in [-0.2, 0) is 6.42 Å². The second kappa shape index (κ2) is 7.98. The van der Waals surface area contributed by atoms with E-state index in [1.165, 1.54) is 0 Å². The third-order valence-corrected chi connectivity index (χ3v) is 5.43. The summed E-state index contributed by atoms with van der Waals surface area (Å²) in [6.07, 6.45) is 6.94. The molecule has 28 heavy (non-hydrogen) atoms. The van der Waals surface area contributed by atoms with E-state index in [1.807, 2.05) is 18.2 Å². The Morgan fingerprint density at radius 3 is 2.82 bits per heavy atom. The van der Waals surface area contributed by atoms with Crippen molar-refractivity contribution in [1.29, 1.82) is 0 Å². The van der Waals surface area contributed by atoms with Gasteiger partial charge in [-0.3, -0.25) is 14.3 Å². The molecule has 0 aliphatic heterocycles. The number of nitrogens with zero attached hydrogens (tertiary/aromatic N) is 2. The largest absolute Gasteiger partial charge is 0.393 e. The number of aromatic nitrogens is 3. The van der Waals surface area contributed by atoms with E-state index in [1.54, 1.807) is 29.1 Å². The SMILES string of the molecule is O=C(NCCc1cccnc1)c1ccc2c(c1)[nH]c(=O)n2C1CCC(O)CC1. The van der Waals surface area contributed by atoms with Crippen molar-refractivity contribution in [2.75, 3.05) is 6.54 Å². The summed E-state index contributed by atoms with van der Waals surface area (Å²) in [7, 11) is 0. The van der Waals surface area contributed by atoms with Gasteiger partial charge < -0.3 is 15.4 Å². The van der Waals surface area contributed by atoms with Crippen molar-refractivity contribution < 1.29 is 9.90 Å². The molecule has 0 spiro atoms. The lowest BCUT2D eigenvalue weighted by Crippen LogP contribution is -2.27. The molecule has 1 aliphatic rings. The maximum Gasteiger partial charge on any atom is 0.326 e. The first-order valence-corrected chi connectivity index (χ1v) is 9.71. The highest BCUT2D eigenvalue weighted by atomic mass is 16.3. The van der Waals surface area contributed by atoms with Gasteiger partial charge in [0, 0.05) is 30.5 Å². The smallest absolute Gasteiger partial charge is 0.326 e. The van der Waals surface area contributed by atoms with Crippen LogP contribution >= 0.6 is 0 Å². The van der Waals surface area contributed by atoms with E-state index in [-0.39, 0.29) is 23.7 Å². The van der Waals surface area contributed by atoms with Crippen LogP contribution in [0.25, 0.3) is 11.0 Å². The first-order chi connectivity index (χ1) is 13.6. The van der Waals surface area contributed by atoms with Gasteiger partial charge in [0.1, 0.15) is 0 Å². The van der Waals surface area contributed by atoms with E-state index in [0.29, 0.717) is 36.9 Å². The first kappa shape index (κ1) is 18.4. The fraction of sp³-hybridized carbons (Fsp3) is 0.381. The molecule has 0 atom stereocenters. The normalized spacial score (nSPS) is 19.6. The minimum Gasteiger partial charge on any atom is -0.393 e. The molecule has 1 saturated carbocycles. The van der Waals surface area contributed by atoms with E-state index in [4.69, 9.17) is 0 Å². The van der Waals surface area contributed by atoms with Crippen LogP contribution in [0.15, 0.2) is 47.5 Å². The molecule has 1 aromatic carbocycles. The number of aromatic amines is 1. The second-order valence-corrected chi connectivity index (χ2v) is 7.36. The molecule has 3 N–H and O–H groups in total. The fourth-order valence-electron chi connectivity index (χ4n) is 3.92.